The molecule has 1 atom stereocenters. The van der Waals surface area contributed by atoms with Crippen molar-refractivity contribution in [1.29, 1.82) is 0 Å². The van der Waals surface area contributed by atoms with E-state index in [1.807, 2.05) is 14.0 Å². The molecule has 0 saturated carbocycles. The Bertz CT molecular complexity index is 358. The molecule has 1 heterocycles. The van der Waals surface area contributed by atoms with E-state index in [4.69, 9.17) is 5.84 Å². The van der Waals surface area contributed by atoms with Crippen LogP contribution in [0.25, 0.3) is 0 Å². The second kappa shape index (κ2) is 6.02. The van der Waals surface area contributed by atoms with E-state index in [1.54, 1.807) is 4.68 Å². The summed E-state index contributed by atoms with van der Waals surface area (Å²) in [7, 11) is 1.91. The average molecular weight is 239 g/mol. The van der Waals surface area contributed by atoms with E-state index in [2.05, 4.69) is 36.2 Å². The van der Waals surface area contributed by atoms with Crippen LogP contribution in [0.3, 0.4) is 0 Å². The van der Waals surface area contributed by atoms with E-state index >= 15 is 0 Å². The van der Waals surface area contributed by atoms with E-state index in [0.29, 0.717) is 6.04 Å². The first kappa shape index (κ1) is 14.0. The summed E-state index contributed by atoms with van der Waals surface area (Å²) in [6.07, 6.45) is 1.15. The Balaban J connectivity index is 2.92. The van der Waals surface area contributed by atoms with Crippen molar-refractivity contribution in [2.45, 2.75) is 46.7 Å². The number of hydrazine groups is 1. The van der Waals surface area contributed by atoms with Crippen LogP contribution in [0.4, 0.5) is 5.82 Å². The largest absolute Gasteiger partial charge is 0.308 e. The lowest BCUT2D eigenvalue weighted by Crippen LogP contribution is -2.32. The van der Waals surface area contributed by atoms with Crippen LogP contribution in [0.1, 0.15) is 38.4 Å². The van der Waals surface area contributed by atoms with Crippen molar-refractivity contribution >= 4 is 5.82 Å². The van der Waals surface area contributed by atoms with Gasteiger partial charge in [-0.1, -0.05) is 13.8 Å². The van der Waals surface area contributed by atoms with Crippen LogP contribution in [0.5, 0.6) is 0 Å². The number of aryl methyl sites for hydroxylation is 2. The van der Waals surface area contributed by atoms with Gasteiger partial charge in [0.25, 0.3) is 0 Å². The normalized spacial score (nSPS) is 13.1. The Morgan fingerprint density at radius 2 is 2.12 bits per heavy atom. The number of nitrogens with zero attached hydrogens (tertiary/aromatic N) is 3. The van der Waals surface area contributed by atoms with E-state index in [0.717, 1.165) is 31.0 Å². The van der Waals surface area contributed by atoms with E-state index in [9.17, 15) is 0 Å². The molecule has 0 amide bonds. The van der Waals surface area contributed by atoms with Gasteiger partial charge in [0.05, 0.1) is 5.69 Å². The SMILES string of the molecule is CCC(C)N(CC)Cc1c(C)nn(C)c1NN. The second-order valence-corrected chi connectivity index (χ2v) is 4.50. The molecule has 0 aromatic carbocycles. The van der Waals surface area contributed by atoms with Gasteiger partial charge in [0.15, 0.2) is 0 Å². The highest BCUT2D eigenvalue weighted by Crippen LogP contribution is 2.21. The maximum atomic E-state index is 5.56. The average Bonchev–Trinajstić information content (AvgIpc) is 2.59. The maximum Gasteiger partial charge on any atom is 0.142 e. The molecular formula is C12H25N5. The van der Waals surface area contributed by atoms with Gasteiger partial charge >= 0.3 is 0 Å². The third-order valence-electron chi connectivity index (χ3n) is 3.46. The molecule has 17 heavy (non-hydrogen) atoms. The molecule has 0 aliphatic heterocycles. The number of rotatable bonds is 6. The highest BCUT2D eigenvalue weighted by molar-refractivity contribution is 5.46. The Morgan fingerprint density at radius 1 is 1.47 bits per heavy atom. The molecule has 0 saturated heterocycles. The number of nitrogens with one attached hydrogen (secondary N) is 1. The fourth-order valence-corrected chi connectivity index (χ4v) is 2.11. The molecule has 1 rings (SSSR count). The fourth-order valence-electron chi connectivity index (χ4n) is 2.11. The highest BCUT2D eigenvalue weighted by Gasteiger charge is 2.17. The van der Waals surface area contributed by atoms with Crippen LogP contribution in [0, 0.1) is 6.92 Å². The molecule has 0 bridgehead atoms. The Morgan fingerprint density at radius 3 is 2.59 bits per heavy atom. The molecule has 0 spiro atoms. The minimum atomic E-state index is 0.574. The molecule has 5 nitrogen and oxygen atoms in total. The molecule has 0 aliphatic rings. The van der Waals surface area contributed by atoms with Gasteiger partial charge < -0.3 is 5.43 Å². The van der Waals surface area contributed by atoms with Crippen LogP contribution >= 0.6 is 0 Å². The van der Waals surface area contributed by atoms with Gasteiger partial charge in [-0.2, -0.15) is 5.10 Å². The highest BCUT2D eigenvalue weighted by atomic mass is 15.4. The van der Waals surface area contributed by atoms with Crippen molar-refractivity contribution in [3.8, 4) is 0 Å². The predicted octanol–water partition coefficient (Wildman–Crippen LogP) is 1.63. The van der Waals surface area contributed by atoms with E-state index in [-0.39, 0.29) is 0 Å². The Labute approximate surface area is 104 Å². The molecule has 0 radical (unpaired) electrons. The lowest BCUT2D eigenvalue weighted by Gasteiger charge is -2.27. The summed E-state index contributed by atoms with van der Waals surface area (Å²) in [6, 6.07) is 0.574. The molecule has 5 heteroatoms. The van der Waals surface area contributed by atoms with Gasteiger partial charge in [0.1, 0.15) is 5.82 Å². The topological polar surface area (TPSA) is 59.1 Å². The third kappa shape index (κ3) is 2.98. The summed E-state index contributed by atoms with van der Waals surface area (Å²) >= 11 is 0. The van der Waals surface area contributed by atoms with Gasteiger partial charge in [0.2, 0.25) is 0 Å². The summed E-state index contributed by atoms with van der Waals surface area (Å²) in [6.45, 7) is 10.6. The first-order valence-corrected chi connectivity index (χ1v) is 6.28. The third-order valence-corrected chi connectivity index (χ3v) is 3.46. The second-order valence-electron chi connectivity index (χ2n) is 4.50. The monoisotopic (exact) mass is 239 g/mol. The zero-order valence-electron chi connectivity index (χ0n) is 11.6. The predicted molar refractivity (Wildman–Crippen MR) is 71.6 cm³/mol. The van der Waals surface area contributed by atoms with Gasteiger partial charge in [0, 0.05) is 25.2 Å². The standard InChI is InChI=1S/C12H25N5/c1-6-9(3)17(7-2)8-11-10(4)15-16(5)12(11)14-13/h9,14H,6-8,13H2,1-5H3. The number of aromatic nitrogens is 2. The minimum Gasteiger partial charge on any atom is -0.308 e. The van der Waals surface area contributed by atoms with Crippen molar-refractivity contribution in [2.24, 2.45) is 12.9 Å². The van der Waals surface area contributed by atoms with Crippen LogP contribution in [-0.4, -0.2) is 27.3 Å². The Kier molecular flexibility index (Phi) is 4.96. The zero-order chi connectivity index (χ0) is 13.0. The quantitative estimate of drug-likeness (QED) is 0.585. The smallest absolute Gasteiger partial charge is 0.142 e. The van der Waals surface area contributed by atoms with Gasteiger partial charge in [-0.3, -0.25) is 9.58 Å². The van der Waals surface area contributed by atoms with Crippen LogP contribution < -0.4 is 11.3 Å². The number of hydrogen-bond acceptors (Lipinski definition) is 4. The first-order chi connectivity index (χ1) is 8.04. The van der Waals surface area contributed by atoms with Gasteiger partial charge in [-0.15, -0.1) is 0 Å². The number of hydrogen-bond donors (Lipinski definition) is 2. The van der Waals surface area contributed by atoms with Crippen LogP contribution in [0.2, 0.25) is 0 Å². The number of anilines is 1. The summed E-state index contributed by atoms with van der Waals surface area (Å²) in [5, 5.41) is 4.40. The van der Waals surface area contributed by atoms with Crippen molar-refractivity contribution in [2.75, 3.05) is 12.0 Å². The number of nitrogens with two attached hydrogens (primary N) is 1. The summed E-state index contributed by atoms with van der Waals surface area (Å²) in [5.74, 6) is 6.47. The van der Waals surface area contributed by atoms with Gasteiger partial charge in [-0.05, 0) is 26.8 Å². The van der Waals surface area contributed by atoms with Crippen molar-refractivity contribution < 1.29 is 0 Å². The summed E-state index contributed by atoms with van der Waals surface area (Å²) in [5.41, 5.74) is 4.98. The molecule has 98 valence electrons. The van der Waals surface area contributed by atoms with Gasteiger partial charge in [-0.25, -0.2) is 5.84 Å². The molecule has 0 fully saturated rings. The lowest BCUT2D eigenvalue weighted by atomic mass is 10.1. The maximum absolute atomic E-state index is 5.56. The molecule has 1 aromatic heterocycles. The summed E-state index contributed by atoms with van der Waals surface area (Å²) in [4.78, 5) is 2.44. The molecule has 0 aliphatic carbocycles. The minimum absolute atomic E-state index is 0.574. The molecule has 3 N–H and O–H groups in total. The fraction of sp³-hybridized carbons (Fsp3) is 0.750. The molecule has 1 unspecified atom stereocenters. The van der Waals surface area contributed by atoms with Crippen molar-refractivity contribution in [3.63, 3.8) is 0 Å². The summed E-state index contributed by atoms with van der Waals surface area (Å²) < 4.78 is 1.80. The number of nitrogen functional groups attached to an aromatic ring is 1. The molecular weight excluding hydrogens is 214 g/mol. The zero-order valence-corrected chi connectivity index (χ0v) is 11.6. The molecule has 1 aromatic rings. The first-order valence-electron chi connectivity index (χ1n) is 6.28. The van der Waals surface area contributed by atoms with E-state index < -0.39 is 0 Å². The van der Waals surface area contributed by atoms with Crippen LogP contribution in [-0.2, 0) is 13.6 Å². The lowest BCUT2D eigenvalue weighted by molar-refractivity contribution is 0.206. The van der Waals surface area contributed by atoms with E-state index in [1.165, 1.54) is 5.56 Å². The van der Waals surface area contributed by atoms with Crippen molar-refractivity contribution in [1.82, 2.24) is 14.7 Å². The van der Waals surface area contributed by atoms with Crippen molar-refractivity contribution in [3.05, 3.63) is 11.3 Å². The van der Waals surface area contributed by atoms with Crippen LogP contribution in [0.15, 0.2) is 0 Å². The Hall–Kier alpha value is -1.07.